The first kappa shape index (κ1) is 11.2. The molecular formula is C7H8O6. The summed E-state index contributed by atoms with van der Waals surface area (Å²) in [4.78, 5) is 18.2. The number of carboxylic acids is 2. The Labute approximate surface area is 73.0 Å². The molecule has 0 unspecified atom stereocenters. The number of hydrogen-bond acceptors (Lipinski definition) is 4. The standard InChI is InChI=1S/C5H6O2.C2H2O4/c6-4-5-2-1-3-7-5;3-1(4)2(5)6/h1-3,6H,4H2;(H,3,4)(H,5,6). The molecule has 6 nitrogen and oxygen atoms in total. The van der Waals surface area contributed by atoms with Crippen LogP contribution < -0.4 is 0 Å². The average molecular weight is 188 g/mol. The molecule has 0 spiro atoms. The molecule has 1 aromatic heterocycles. The Hall–Kier alpha value is -1.82. The van der Waals surface area contributed by atoms with E-state index >= 15 is 0 Å². The minimum atomic E-state index is -1.82. The van der Waals surface area contributed by atoms with E-state index in [1.165, 1.54) is 6.26 Å². The third-order valence-electron chi connectivity index (χ3n) is 0.919. The lowest BCUT2D eigenvalue weighted by molar-refractivity contribution is -0.159. The van der Waals surface area contributed by atoms with Crippen molar-refractivity contribution >= 4 is 11.9 Å². The second-order valence-corrected chi connectivity index (χ2v) is 1.85. The molecule has 0 bridgehead atoms. The number of aliphatic hydroxyl groups excluding tert-OH is 1. The first-order valence-corrected chi connectivity index (χ1v) is 3.17. The molecule has 0 aliphatic carbocycles. The number of hydrogen-bond donors (Lipinski definition) is 3. The molecule has 0 aliphatic rings. The summed E-state index contributed by atoms with van der Waals surface area (Å²) < 4.78 is 4.73. The minimum absolute atomic E-state index is 0.00694. The Kier molecular flexibility index (Phi) is 4.97. The van der Waals surface area contributed by atoms with Crippen molar-refractivity contribution in [1.82, 2.24) is 0 Å². The Bertz CT molecular complexity index is 251. The van der Waals surface area contributed by atoms with Crippen molar-refractivity contribution < 1.29 is 29.3 Å². The summed E-state index contributed by atoms with van der Waals surface area (Å²) in [6, 6.07) is 3.46. The van der Waals surface area contributed by atoms with Crippen molar-refractivity contribution in [2.75, 3.05) is 0 Å². The number of aliphatic carboxylic acids is 2. The number of furan rings is 1. The van der Waals surface area contributed by atoms with E-state index in [0.717, 1.165) is 0 Å². The van der Waals surface area contributed by atoms with E-state index in [0.29, 0.717) is 5.76 Å². The van der Waals surface area contributed by atoms with Gasteiger partial charge in [-0.3, -0.25) is 0 Å². The lowest BCUT2D eigenvalue weighted by Gasteiger charge is -1.79. The van der Waals surface area contributed by atoms with Gasteiger partial charge in [-0.25, -0.2) is 9.59 Å². The summed E-state index contributed by atoms with van der Waals surface area (Å²) in [6.07, 6.45) is 1.53. The Morgan fingerprint density at radius 3 is 2.00 bits per heavy atom. The van der Waals surface area contributed by atoms with Crippen LogP contribution in [0.15, 0.2) is 22.8 Å². The van der Waals surface area contributed by atoms with Crippen LogP contribution in [0.25, 0.3) is 0 Å². The van der Waals surface area contributed by atoms with Crippen LogP contribution in [0.2, 0.25) is 0 Å². The maximum atomic E-state index is 9.10. The van der Waals surface area contributed by atoms with E-state index in [2.05, 4.69) is 0 Å². The van der Waals surface area contributed by atoms with Gasteiger partial charge in [0, 0.05) is 0 Å². The predicted octanol–water partition coefficient (Wildman–Crippen LogP) is -0.0725. The van der Waals surface area contributed by atoms with Crippen LogP contribution in [0.5, 0.6) is 0 Å². The van der Waals surface area contributed by atoms with E-state index in [9.17, 15) is 0 Å². The molecule has 0 fully saturated rings. The van der Waals surface area contributed by atoms with Crippen LogP contribution in [0.1, 0.15) is 5.76 Å². The van der Waals surface area contributed by atoms with E-state index in [4.69, 9.17) is 29.3 Å². The highest BCUT2D eigenvalue weighted by molar-refractivity contribution is 6.27. The van der Waals surface area contributed by atoms with Crippen molar-refractivity contribution in [2.45, 2.75) is 6.61 Å². The Morgan fingerprint density at radius 2 is 1.85 bits per heavy atom. The maximum absolute atomic E-state index is 9.10. The van der Waals surface area contributed by atoms with Gasteiger partial charge >= 0.3 is 11.9 Å². The maximum Gasteiger partial charge on any atom is 0.414 e. The highest BCUT2D eigenvalue weighted by Crippen LogP contribution is 1.96. The van der Waals surface area contributed by atoms with Gasteiger partial charge in [0.05, 0.1) is 6.26 Å². The van der Waals surface area contributed by atoms with Crippen LogP contribution in [-0.4, -0.2) is 27.3 Å². The second kappa shape index (κ2) is 5.78. The molecule has 6 heteroatoms. The fraction of sp³-hybridized carbons (Fsp3) is 0.143. The molecule has 0 aliphatic heterocycles. The van der Waals surface area contributed by atoms with Crippen molar-refractivity contribution in [2.24, 2.45) is 0 Å². The quantitative estimate of drug-likeness (QED) is 0.532. The Morgan fingerprint density at radius 1 is 1.31 bits per heavy atom. The zero-order chi connectivity index (χ0) is 10.3. The van der Waals surface area contributed by atoms with Crippen LogP contribution in [0.3, 0.4) is 0 Å². The zero-order valence-electron chi connectivity index (χ0n) is 6.51. The molecule has 72 valence electrons. The number of carboxylic acid groups (broad SMARTS) is 2. The van der Waals surface area contributed by atoms with Crippen LogP contribution in [0, 0.1) is 0 Å². The van der Waals surface area contributed by atoms with Crippen LogP contribution >= 0.6 is 0 Å². The molecule has 0 saturated heterocycles. The molecule has 1 rings (SSSR count). The molecule has 0 saturated carbocycles. The zero-order valence-corrected chi connectivity index (χ0v) is 6.51. The van der Waals surface area contributed by atoms with Crippen molar-refractivity contribution in [1.29, 1.82) is 0 Å². The molecule has 0 amide bonds. The lowest BCUT2D eigenvalue weighted by Crippen LogP contribution is -2.09. The summed E-state index contributed by atoms with van der Waals surface area (Å²) in [5.41, 5.74) is 0. The molecule has 1 heterocycles. The predicted molar refractivity (Wildman–Crippen MR) is 39.9 cm³/mol. The second-order valence-electron chi connectivity index (χ2n) is 1.85. The minimum Gasteiger partial charge on any atom is -0.473 e. The number of aliphatic hydroxyl groups is 1. The van der Waals surface area contributed by atoms with Crippen LogP contribution in [-0.2, 0) is 16.2 Å². The third-order valence-corrected chi connectivity index (χ3v) is 0.919. The van der Waals surface area contributed by atoms with Crippen LogP contribution in [0.4, 0.5) is 0 Å². The van der Waals surface area contributed by atoms with Crippen molar-refractivity contribution in [3.05, 3.63) is 24.2 Å². The summed E-state index contributed by atoms with van der Waals surface area (Å²) in [6.45, 7) is -0.00694. The molecule has 1 aromatic rings. The molecule has 3 N–H and O–H groups in total. The number of rotatable bonds is 1. The normalized spacial score (nSPS) is 8.38. The van der Waals surface area contributed by atoms with Crippen molar-refractivity contribution in [3.63, 3.8) is 0 Å². The lowest BCUT2D eigenvalue weighted by atomic mass is 10.5. The van der Waals surface area contributed by atoms with Gasteiger partial charge in [-0.15, -0.1) is 0 Å². The van der Waals surface area contributed by atoms with E-state index in [1.54, 1.807) is 12.1 Å². The highest BCUT2D eigenvalue weighted by Gasteiger charge is 2.04. The van der Waals surface area contributed by atoms with E-state index < -0.39 is 11.9 Å². The first-order valence-electron chi connectivity index (χ1n) is 3.17. The van der Waals surface area contributed by atoms with Gasteiger partial charge in [0.15, 0.2) is 0 Å². The summed E-state index contributed by atoms with van der Waals surface area (Å²) in [5.74, 6) is -3.04. The van der Waals surface area contributed by atoms with Gasteiger partial charge in [-0.1, -0.05) is 0 Å². The average Bonchev–Trinajstić information content (AvgIpc) is 2.56. The van der Waals surface area contributed by atoms with E-state index in [-0.39, 0.29) is 6.61 Å². The highest BCUT2D eigenvalue weighted by atomic mass is 16.4. The fourth-order valence-electron chi connectivity index (χ4n) is 0.403. The summed E-state index contributed by atoms with van der Waals surface area (Å²) in [7, 11) is 0. The van der Waals surface area contributed by atoms with Gasteiger partial charge in [-0.05, 0) is 12.1 Å². The molecule has 0 radical (unpaired) electrons. The first-order chi connectivity index (χ1) is 6.07. The topological polar surface area (TPSA) is 108 Å². The Balaban J connectivity index is 0.000000226. The largest absolute Gasteiger partial charge is 0.473 e. The molecular weight excluding hydrogens is 180 g/mol. The number of carbonyl (C=O) groups is 2. The molecule has 0 atom stereocenters. The fourth-order valence-corrected chi connectivity index (χ4v) is 0.403. The van der Waals surface area contributed by atoms with Gasteiger partial charge < -0.3 is 19.7 Å². The van der Waals surface area contributed by atoms with Crippen molar-refractivity contribution in [3.8, 4) is 0 Å². The van der Waals surface area contributed by atoms with E-state index in [1.807, 2.05) is 0 Å². The summed E-state index contributed by atoms with van der Waals surface area (Å²) >= 11 is 0. The third kappa shape index (κ3) is 5.45. The molecule has 0 aromatic carbocycles. The summed E-state index contributed by atoms with van der Waals surface area (Å²) in [5, 5.41) is 23.1. The smallest absolute Gasteiger partial charge is 0.414 e. The van der Waals surface area contributed by atoms with Gasteiger partial charge in [0.2, 0.25) is 0 Å². The van der Waals surface area contributed by atoms with Gasteiger partial charge in [0.25, 0.3) is 0 Å². The SMILES string of the molecule is O=C(O)C(=O)O.OCc1ccco1. The van der Waals surface area contributed by atoms with Gasteiger partial charge in [-0.2, -0.15) is 0 Å². The van der Waals surface area contributed by atoms with Gasteiger partial charge in [0.1, 0.15) is 12.4 Å². The molecule has 13 heavy (non-hydrogen) atoms. The monoisotopic (exact) mass is 188 g/mol.